The molecule has 0 N–H and O–H groups in total. The van der Waals surface area contributed by atoms with Gasteiger partial charge in [-0.1, -0.05) is 17.7 Å². The predicted octanol–water partition coefficient (Wildman–Crippen LogP) is 2.71. The molecule has 15 heavy (non-hydrogen) atoms. The van der Waals surface area contributed by atoms with Crippen LogP contribution in [-0.4, -0.2) is 9.78 Å². The molecule has 0 aliphatic rings. The number of benzene rings is 1. The molecule has 0 saturated carbocycles. The molecule has 2 rings (SSSR count). The van der Waals surface area contributed by atoms with Crippen LogP contribution < -0.4 is 0 Å². The van der Waals surface area contributed by atoms with E-state index in [1.807, 2.05) is 25.1 Å². The van der Waals surface area contributed by atoms with E-state index in [1.54, 1.807) is 16.9 Å². The summed E-state index contributed by atoms with van der Waals surface area (Å²) in [6, 6.07) is 9.44. The highest BCUT2D eigenvalue weighted by Gasteiger charge is 2.07. The van der Waals surface area contributed by atoms with Crippen LogP contribution in [0.4, 0.5) is 0 Å². The summed E-state index contributed by atoms with van der Waals surface area (Å²) in [5.41, 5.74) is 2.26. The number of aromatic nitrogens is 2. The van der Waals surface area contributed by atoms with Gasteiger partial charge in [0.1, 0.15) is 6.07 Å². The van der Waals surface area contributed by atoms with Gasteiger partial charge in [0.05, 0.1) is 23.1 Å². The lowest BCUT2D eigenvalue weighted by atomic mass is 10.2. The summed E-state index contributed by atoms with van der Waals surface area (Å²) in [4.78, 5) is 0. The van der Waals surface area contributed by atoms with E-state index in [2.05, 4.69) is 11.2 Å². The first kappa shape index (κ1) is 9.75. The van der Waals surface area contributed by atoms with Crippen LogP contribution in [0.3, 0.4) is 0 Å². The van der Waals surface area contributed by atoms with E-state index in [9.17, 15) is 0 Å². The fraction of sp³-hybridized carbons (Fsp3) is 0.0909. The van der Waals surface area contributed by atoms with Crippen LogP contribution >= 0.6 is 11.6 Å². The van der Waals surface area contributed by atoms with Gasteiger partial charge >= 0.3 is 0 Å². The average Bonchev–Trinajstić information content (AvgIpc) is 2.59. The monoisotopic (exact) mass is 217 g/mol. The molecule has 0 amide bonds. The minimum absolute atomic E-state index is 0.579. The molecule has 0 radical (unpaired) electrons. The maximum absolute atomic E-state index is 8.80. The van der Waals surface area contributed by atoms with E-state index in [1.165, 1.54) is 0 Å². The van der Waals surface area contributed by atoms with Gasteiger partial charge in [0.2, 0.25) is 0 Å². The maximum atomic E-state index is 8.80. The van der Waals surface area contributed by atoms with Crippen molar-refractivity contribution in [3.63, 3.8) is 0 Å². The Morgan fingerprint density at radius 3 is 2.87 bits per heavy atom. The summed E-state index contributed by atoms with van der Waals surface area (Å²) >= 11 is 5.88. The normalized spacial score (nSPS) is 9.93. The van der Waals surface area contributed by atoms with E-state index < -0.39 is 0 Å². The van der Waals surface area contributed by atoms with Crippen LogP contribution in [0.25, 0.3) is 5.69 Å². The first-order valence-corrected chi connectivity index (χ1v) is 4.81. The summed E-state index contributed by atoms with van der Waals surface area (Å²) < 4.78 is 1.70. The van der Waals surface area contributed by atoms with E-state index >= 15 is 0 Å². The Labute approximate surface area is 92.5 Å². The first-order chi connectivity index (χ1) is 7.22. The molecule has 4 heteroatoms. The summed E-state index contributed by atoms with van der Waals surface area (Å²) in [7, 11) is 0. The zero-order valence-corrected chi connectivity index (χ0v) is 8.86. The Morgan fingerprint density at radius 2 is 2.27 bits per heavy atom. The van der Waals surface area contributed by atoms with Gasteiger partial charge in [-0.15, -0.1) is 0 Å². The van der Waals surface area contributed by atoms with E-state index in [0.29, 0.717) is 10.6 Å². The van der Waals surface area contributed by atoms with Crippen molar-refractivity contribution in [3.05, 3.63) is 46.7 Å². The van der Waals surface area contributed by atoms with Gasteiger partial charge in [0.25, 0.3) is 0 Å². The second kappa shape index (κ2) is 3.76. The number of rotatable bonds is 1. The first-order valence-electron chi connectivity index (χ1n) is 4.43. The second-order valence-corrected chi connectivity index (χ2v) is 3.58. The van der Waals surface area contributed by atoms with Crippen molar-refractivity contribution in [2.24, 2.45) is 0 Å². The van der Waals surface area contributed by atoms with Crippen molar-refractivity contribution in [1.82, 2.24) is 9.78 Å². The standard InChI is InChI=1S/C11H8ClN3/c1-8-9(6-13)7-14-15(8)11-4-2-3-10(12)5-11/h2-5,7H,1H3. The van der Waals surface area contributed by atoms with Crippen LogP contribution in [0.5, 0.6) is 0 Å². The lowest BCUT2D eigenvalue weighted by Gasteiger charge is -2.03. The second-order valence-electron chi connectivity index (χ2n) is 3.15. The smallest absolute Gasteiger partial charge is 0.103 e. The molecule has 74 valence electrons. The third-order valence-electron chi connectivity index (χ3n) is 2.18. The van der Waals surface area contributed by atoms with E-state index in [4.69, 9.17) is 16.9 Å². The number of hydrogen-bond donors (Lipinski definition) is 0. The fourth-order valence-corrected chi connectivity index (χ4v) is 1.57. The number of nitrogens with zero attached hydrogens (tertiary/aromatic N) is 3. The summed E-state index contributed by atoms with van der Waals surface area (Å²) in [6.45, 7) is 1.85. The molecule has 1 heterocycles. The Kier molecular flexibility index (Phi) is 2.44. The predicted molar refractivity (Wildman–Crippen MR) is 58.0 cm³/mol. The van der Waals surface area contributed by atoms with Crippen LogP contribution in [0.15, 0.2) is 30.5 Å². The molecule has 0 unspecified atom stereocenters. The SMILES string of the molecule is Cc1c(C#N)cnn1-c1cccc(Cl)c1. The van der Waals surface area contributed by atoms with Crippen LogP contribution in [-0.2, 0) is 0 Å². The zero-order valence-electron chi connectivity index (χ0n) is 8.11. The summed E-state index contributed by atoms with van der Waals surface area (Å²) in [5.74, 6) is 0. The molecular weight excluding hydrogens is 210 g/mol. The molecular formula is C11H8ClN3. The van der Waals surface area contributed by atoms with Crippen molar-refractivity contribution in [1.29, 1.82) is 5.26 Å². The summed E-state index contributed by atoms with van der Waals surface area (Å²) in [6.07, 6.45) is 1.55. The molecule has 0 aliphatic heterocycles. The Balaban J connectivity index is 2.56. The molecule has 0 aliphatic carbocycles. The molecule has 0 saturated heterocycles. The van der Waals surface area contributed by atoms with Gasteiger partial charge in [0.15, 0.2) is 0 Å². The third kappa shape index (κ3) is 1.72. The van der Waals surface area contributed by atoms with Gasteiger partial charge in [-0.05, 0) is 25.1 Å². The van der Waals surface area contributed by atoms with Crippen LogP contribution in [0, 0.1) is 18.3 Å². The highest BCUT2D eigenvalue weighted by Crippen LogP contribution is 2.17. The molecule has 1 aromatic heterocycles. The number of nitriles is 1. The molecule has 1 aromatic carbocycles. The van der Waals surface area contributed by atoms with Crippen molar-refractivity contribution >= 4 is 11.6 Å². The summed E-state index contributed by atoms with van der Waals surface area (Å²) in [5, 5.41) is 13.6. The maximum Gasteiger partial charge on any atom is 0.103 e. The molecule has 3 nitrogen and oxygen atoms in total. The minimum Gasteiger partial charge on any atom is -0.237 e. The van der Waals surface area contributed by atoms with Crippen molar-refractivity contribution in [3.8, 4) is 11.8 Å². The highest BCUT2D eigenvalue weighted by atomic mass is 35.5. The molecule has 2 aromatic rings. The lowest BCUT2D eigenvalue weighted by Crippen LogP contribution is -1.98. The topological polar surface area (TPSA) is 41.6 Å². The largest absolute Gasteiger partial charge is 0.237 e. The highest BCUT2D eigenvalue weighted by molar-refractivity contribution is 6.30. The molecule has 0 atom stereocenters. The van der Waals surface area contributed by atoms with Gasteiger partial charge in [-0.3, -0.25) is 0 Å². The Bertz CT molecular complexity index is 537. The van der Waals surface area contributed by atoms with E-state index in [0.717, 1.165) is 11.4 Å². The van der Waals surface area contributed by atoms with Gasteiger partial charge < -0.3 is 0 Å². The number of hydrogen-bond acceptors (Lipinski definition) is 2. The van der Waals surface area contributed by atoms with Gasteiger partial charge in [-0.25, -0.2) is 4.68 Å². The minimum atomic E-state index is 0.579. The van der Waals surface area contributed by atoms with Gasteiger partial charge in [0, 0.05) is 5.02 Å². The third-order valence-corrected chi connectivity index (χ3v) is 2.42. The number of halogens is 1. The van der Waals surface area contributed by atoms with Crippen LogP contribution in [0.2, 0.25) is 5.02 Å². The molecule has 0 spiro atoms. The van der Waals surface area contributed by atoms with Crippen molar-refractivity contribution in [2.75, 3.05) is 0 Å². The zero-order chi connectivity index (χ0) is 10.8. The fourth-order valence-electron chi connectivity index (χ4n) is 1.39. The van der Waals surface area contributed by atoms with Crippen molar-refractivity contribution < 1.29 is 0 Å². The molecule has 0 bridgehead atoms. The van der Waals surface area contributed by atoms with Crippen molar-refractivity contribution in [2.45, 2.75) is 6.92 Å². The quantitative estimate of drug-likeness (QED) is 0.737. The van der Waals surface area contributed by atoms with Crippen LogP contribution in [0.1, 0.15) is 11.3 Å². The molecule has 0 fully saturated rings. The lowest BCUT2D eigenvalue weighted by molar-refractivity contribution is 0.847. The Hall–Kier alpha value is -1.79. The average molecular weight is 218 g/mol. The Morgan fingerprint density at radius 1 is 1.47 bits per heavy atom. The van der Waals surface area contributed by atoms with Gasteiger partial charge in [-0.2, -0.15) is 10.4 Å². The van der Waals surface area contributed by atoms with E-state index in [-0.39, 0.29) is 0 Å².